The molecule has 4 nitrogen and oxygen atoms in total. The van der Waals surface area contributed by atoms with Gasteiger partial charge in [0.15, 0.2) is 0 Å². The molecule has 0 bridgehead atoms. The third-order valence-electron chi connectivity index (χ3n) is 4.96. The smallest absolute Gasteiger partial charge is 0.242 e. The van der Waals surface area contributed by atoms with Crippen LogP contribution in [0.4, 0.5) is 0 Å². The van der Waals surface area contributed by atoms with E-state index in [0.717, 1.165) is 17.5 Å². The molecule has 0 saturated heterocycles. The highest BCUT2D eigenvalue weighted by atomic mass is 35.5. The van der Waals surface area contributed by atoms with Crippen molar-refractivity contribution in [2.45, 2.75) is 59.2 Å². The normalized spacial score (nSPS) is 12.9. The van der Waals surface area contributed by atoms with Gasteiger partial charge in [-0.25, -0.2) is 0 Å². The van der Waals surface area contributed by atoms with Crippen molar-refractivity contribution < 1.29 is 9.59 Å². The lowest BCUT2D eigenvalue weighted by molar-refractivity contribution is -0.140. The van der Waals surface area contributed by atoms with Gasteiger partial charge in [-0.1, -0.05) is 66.0 Å². The third kappa shape index (κ3) is 6.76. The molecule has 0 aliphatic carbocycles. The average Bonchev–Trinajstić information content (AvgIpc) is 2.67. The highest BCUT2D eigenvalue weighted by Crippen LogP contribution is 2.23. The maximum Gasteiger partial charge on any atom is 0.242 e. The lowest BCUT2D eigenvalue weighted by Gasteiger charge is -2.30. The molecule has 2 amide bonds. The second kappa shape index (κ2) is 10.7. The monoisotopic (exact) mass is 434 g/mol. The Kier molecular flexibility index (Phi) is 8.54. The predicted octanol–water partition coefficient (Wildman–Crippen LogP) is 5.18. The van der Waals surface area contributed by atoms with Crippen LogP contribution in [0.15, 0.2) is 42.5 Å². The van der Waals surface area contributed by atoms with Crippen LogP contribution in [0.2, 0.25) is 10.0 Å². The second-order valence-corrected chi connectivity index (χ2v) is 8.26. The minimum Gasteiger partial charge on any atom is -0.352 e. The van der Waals surface area contributed by atoms with Crippen LogP contribution in [-0.2, 0) is 22.6 Å². The predicted molar refractivity (Wildman–Crippen MR) is 119 cm³/mol. The van der Waals surface area contributed by atoms with Gasteiger partial charge in [0.05, 0.1) is 6.42 Å². The van der Waals surface area contributed by atoms with Crippen LogP contribution in [0.3, 0.4) is 0 Å². The Hall–Kier alpha value is -2.04. The number of nitrogens with zero attached hydrogens (tertiary/aromatic N) is 1. The highest BCUT2D eigenvalue weighted by molar-refractivity contribution is 6.35. The van der Waals surface area contributed by atoms with Gasteiger partial charge in [-0.05, 0) is 50.5 Å². The highest BCUT2D eigenvalue weighted by Gasteiger charge is 2.27. The third-order valence-corrected chi connectivity index (χ3v) is 5.55. The van der Waals surface area contributed by atoms with E-state index in [-0.39, 0.29) is 24.3 Å². The van der Waals surface area contributed by atoms with E-state index in [1.165, 1.54) is 0 Å². The molecular weight excluding hydrogens is 407 g/mol. The Bertz CT molecular complexity index is 870. The van der Waals surface area contributed by atoms with Crippen LogP contribution in [0.1, 0.15) is 43.9 Å². The van der Waals surface area contributed by atoms with Crippen LogP contribution < -0.4 is 5.32 Å². The van der Waals surface area contributed by atoms with Crippen molar-refractivity contribution in [2.24, 2.45) is 0 Å². The fourth-order valence-electron chi connectivity index (χ4n) is 2.98. The average molecular weight is 435 g/mol. The summed E-state index contributed by atoms with van der Waals surface area (Å²) in [5.41, 5.74) is 2.76. The molecule has 2 rings (SSSR count). The number of carbonyl (C=O) groups is 2. The lowest BCUT2D eigenvalue weighted by Crippen LogP contribution is -2.49. The number of hydrogen-bond acceptors (Lipinski definition) is 2. The van der Waals surface area contributed by atoms with E-state index in [1.807, 2.05) is 45.0 Å². The maximum atomic E-state index is 13.2. The Morgan fingerprint density at radius 1 is 1.10 bits per heavy atom. The zero-order valence-electron chi connectivity index (χ0n) is 17.3. The molecular formula is C23H28Cl2N2O2. The zero-order chi connectivity index (χ0) is 21.6. The van der Waals surface area contributed by atoms with Gasteiger partial charge in [-0.2, -0.15) is 0 Å². The molecule has 1 N–H and O–H groups in total. The number of rotatable bonds is 8. The van der Waals surface area contributed by atoms with Gasteiger partial charge in [-0.3, -0.25) is 9.59 Å². The summed E-state index contributed by atoms with van der Waals surface area (Å²) in [6.45, 7) is 8.07. The van der Waals surface area contributed by atoms with E-state index in [2.05, 4.69) is 5.32 Å². The van der Waals surface area contributed by atoms with Crippen molar-refractivity contribution in [1.29, 1.82) is 0 Å². The maximum absolute atomic E-state index is 13.2. The number of halogens is 2. The second-order valence-electron chi connectivity index (χ2n) is 7.42. The van der Waals surface area contributed by atoms with Gasteiger partial charge in [0.25, 0.3) is 0 Å². The summed E-state index contributed by atoms with van der Waals surface area (Å²) in [5, 5.41) is 3.93. The molecule has 0 spiro atoms. The molecule has 0 fully saturated rings. The molecule has 2 aromatic rings. The Balaban J connectivity index is 2.26. The van der Waals surface area contributed by atoms with E-state index < -0.39 is 6.04 Å². The van der Waals surface area contributed by atoms with Crippen LogP contribution in [0.5, 0.6) is 0 Å². The minimum absolute atomic E-state index is 0.0478. The quantitative estimate of drug-likeness (QED) is 0.622. The molecule has 6 heteroatoms. The van der Waals surface area contributed by atoms with Crippen LogP contribution in [0.25, 0.3) is 0 Å². The number of amides is 2. The molecule has 156 valence electrons. The first-order chi connectivity index (χ1) is 13.7. The van der Waals surface area contributed by atoms with Gasteiger partial charge < -0.3 is 10.2 Å². The number of hydrogen-bond donors (Lipinski definition) is 1. The lowest BCUT2D eigenvalue weighted by atomic mass is 10.1. The number of benzene rings is 2. The van der Waals surface area contributed by atoms with Crippen LogP contribution in [-0.4, -0.2) is 28.8 Å². The molecule has 0 radical (unpaired) electrons. The standard InChI is InChI=1S/C23H28Cl2N2O2/c1-5-16(3)26-23(29)17(4)27(14-18-8-6-7-15(2)11-18)22(28)12-19-9-10-20(24)13-21(19)25/h6-11,13,16-17H,5,12,14H2,1-4H3,(H,26,29)/t16-,17-/m1/s1. The van der Waals surface area contributed by atoms with E-state index in [4.69, 9.17) is 23.2 Å². The first kappa shape index (κ1) is 23.2. The summed E-state index contributed by atoms with van der Waals surface area (Å²) in [7, 11) is 0. The van der Waals surface area contributed by atoms with Gasteiger partial charge in [0, 0.05) is 22.6 Å². The van der Waals surface area contributed by atoms with E-state index in [9.17, 15) is 9.59 Å². The SMILES string of the molecule is CC[C@@H](C)NC(=O)[C@@H](C)N(Cc1cccc(C)c1)C(=O)Cc1ccc(Cl)cc1Cl. The van der Waals surface area contributed by atoms with E-state index in [0.29, 0.717) is 22.2 Å². The summed E-state index contributed by atoms with van der Waals surface area (Å²) in [5.74, 6) is -0.329. The number of nitrogens with one attached hydrogen (secondary N) is 1. The number of aryl methyl sites for hydroxylation is 1. The molecule has 0 saturated carbocycles. The Labute approximate surface area is 183 Å². The summed E-state index contributed by atoms with van der Waals surface area (Å²) < 4.78 is 0. The molecule has 0 aliphatic heterocycles. The summed E-state index contributed by atoms with van der Waals surface area (Å²) in [4.78, 5) is 27.5. The molecule has 0 aromatic heterocycles. The fraction of sp³-hybridized carbons (Fsp3) is 0.391. The Morgan fingerprint density at radius 2 is 1.83 bits per heavy atom. The molecule has 0 unspecified atom stereocenters. The van der Waals surface area contributed by atoms with E-state index >= 15 is 0 Å². The van der Waals surface area contributed by atoms with Crippen molar-refractivity contribution in [1.82, 2.24) is 10.2 Å². The molecule has 0 aliphatic rings. The topological polar surface area (TPSA) is 49.4 Å². The molecule has 2 aromatic carbocycles. The van der Waals surface area contributed by atoms with Crippen LogP contribution in [0, 0.1) is 6.92 Å². The zero-order valence-corrected chi connectivity index (χ0v) is 18.8. The summed E-state index contributed by atoms with van der Waals surface area (Å²) in [6, 6.07) is 12.5. The Morgan fingerprint density at radius 3 is 2.45 bits per heavy atom. The van der Waals surface area contributed by atoms with Gasteiger partial charge in [0.1, 0.15) is 6.04 Å². The van der Waals surface area contributed by atoms with Crippen molar-refractivity contribution in [3.05, 3.63) is 69.2 Å². The van der Waals surface area contributed by atoms with Crippen molar-refractivity contribution >= 4 is 35.0 Å². The van der Waals surface area contributed by atoms with Crippen molar-refractivity contribution in [3.8, 4) is 0 Å². The summed E-state index contributed by atoms with van der Waals surface area (Å²) in [6.07, 6.45) is 0.924. The molecule has 2 atom stereocenters. The minimum atomic E-state index is -0.608. The van der Waals surface area contributed by atoms with Crippen LogP contribution >= 0.6 is 23.2 Å². The van der Waals surface area contributed by atoms with Gasteiger partial charge in [0.2, 0.25) is 11.8 Å². The first-order valence-corrected chi connectivity index (χ1v) is 10.6. The van der Waals surface area contributed by atoms with Gasteiger partial charge in [-0.15, -0.1) is 0 Å². The van der Waals surface area contributed by atoms with Crippen molar-refractivity contribution in [3.63, 3.8) is 0 Å². The van der Waals surface area contributed by atoms with Crippen molar-refractivity contribution in [2.75, 3.05) is 0 Å². The fourth-order valence-corrected chi connectivity index (χ4v) is 3.46. The van der Waals surface area contributed by atoms with Gasteiger partial charge >= 0.3 is 0 Å². The van der Waals surface area contributed by atoms with E-state index in [1.54, 1.807) is 30.0 Å². The molecule has 0 heterocycles. The number of carbonyl (C=O) groups excluding carboxylic acids is 2. The molecule has 29 heavy (non-hydrogen) atoms. The summed E-state index contributed by atoms with van der Waals surface area (Å²) >= 11 is 12.2. The largest absolute Gasteiger partial charge is 0.352 e. The first-order valence-electron chi connectivity index (χ1n) is 9.80.